The average Bonchev–Trinajstić information content (AvgIpc) is 2.90. The van der Waals surface area contributed by atoms with Gasteiger partial charge in [-0.05, 0) is 50.4 Å². The molecule has 0 aliphatic heterocycles. The van der Waals surface area contributed by atoms with E-state index < -0.39 is 0 Å². The van der Waals surface area contributed by atoms with Crippen molar-refractivity contribution in [2.45, 2.75) is 53.1 Å². The van der Waals surface area contributed by atoms with Gasteiger partial charge < -0.3 is 5.32 Å². The zero-order valence-electron chi connectivity index (χ0n) is 13.7. The van der Waals surface area contributed by atoms with Gasteiger partial charge in [0.25, 0.3) is 0 Å². The fraction of sp³-hybridized carbons (Fsp3) is 0.500. The third kappa shape index (κ3) is 3.73. The molecular weight excluding hydrogens is 258 g/mol. The highest BCUT2D eigenvalue weighted by atomic mass is 15.3. The van der Waals surface area contributed by atoms with E-state index >= 15 is 0 Å². The Hall–Kier alpha value is -1.61. The van der Waals surface area contributed by atoms with E-state index in [1.165, 1.54) is 22.4 Å². The van der Waals surface area contributed by atoms with Gasteiger partial charge in [-0.2, -0.15) is 5.10 Å². The first kappa shape index (κ1) is 15.8. The number of aryl methyl sites for hydroxylation is 3. The molecule has 1 atom stereocenters. The zero-order chi connectivity index (χ0) is 15.2. The molecule has 1 aromatic carbocycles. The van der Waals surface area contributed by atoms with Gasteiger partial charge in [0, 0.05) is 12.7 Å². The van der Waals surface area contributed by atoms with Crippen LogP contribution >= 0.6 is 0 Å². The minimum absolute atomic E-state index is 0.222. The SMILES string of the molecule is CCCNC(c1ccc(C)cc1C)c1ccnn1CCC. The van der Waals surface area contributed by atoms with Crippen molar-refractivity contribution >= 4 is 0 Å². The molecule has 0 aliphatic rings. The van der Waals surface area contributed by atoms with Crippen LogP contribution in [0.5, 0.6) is 0 Å². The smallest absolute Gasteiger partial charge is 0.0750 e. The number of hydrogen-bond acceptors (Lipinski definition) is 2. The summed E-state index contributed by atoms with van der Waals surface area (Å²) in [5.74, 6) is 0. The second kappa shape index (κ2) is 7.41. The molecule has 0 amide bonds. The number of nitrogens with one attached hydrogen (secondary N) is 1. The maximum absolute atomic E-state index is 4.48. The summed E-state index contributed by atoms with van der Waals surface area (Å²) in [7, 11) is 0. The van der Waals surface area contributed by atoms with E-state index in [-0.39, 0.29) is 6.04 Å². The second-order valence-electron chi connectivity index (χ2n) is 5.73. The van der Waals surface area contributed by atoms with Crippen LogP contribution in [0.15, 0.2) is 30.5 Å². The van der Waals surface area contributed by atoms with Gasteiger partial charge in [-0.15, -0.1) is 0 Å². The van der Waals surface area contributed by atoms with E-state index in [0.717, 1.165) is 25.9 Å². The predicted molar refractivity (Wildman–Crippen MR) is 88.6 cm³/mol. The first-order valence-corrected chi connectivity index (χ1v) is 7.99. The van der Waals surface area contributed by atoms with Crippen molar-refractivity contribution in [3.63, 3.8) is 0 Å². The average molecular weight is 285 g/mol. The zero-order valence-corrected chi connectivity index (χ0v) is 13.7. The van der Waals surface area contributed by atoms with Gasteiger partial charge in [0.1, 0.15) is 0 Å². The number of nitrogens with zero attached hydrogens (tertiary/aromatic N) is 2. The fourth-order valence-electron chi connectivity index (χ4n) is 2.80. The number of aromatic nitrogens is 2. The summed E-state index contributed by atoms with van der Waals surface area (Å²) >= 11 is 0. The molecule has 2 rings (SSSR count). The summed E-state index contributed by atoms with van der Waals surface area (Å²) in [6.45, 7) is 10.7. The van der Waals surface area contributed by atoms with Crippen LogP contribution in [0, 0.1) is 13.8 Å². The van der Waals surface area contributed by atoms with Gasteiger partial charge in [0.05, 0.1) is 11.7 Å². The largest absolute Gasteiger partial charge is 0.305 e. The Bertz CT molecular complexity index is 572. The molecule has 1 aromatic heterocycles. The molecule has 3 heteroatoms. The molecule has 1 unspecified atom stereocenters. The maximum Gasteiger partial charge on any atom is 0.0750 e. The van der Waals surface area contributed by atoms with Gasteiger partial charge in [-0.3, -0.25) is 4.68 Å². The van der Waals surface area contributed by atoms with Crippen molar-refractivity contribution < 1.29 is 0 Å². The molecule has 2 aromatic rings. The monoisotopic (exact) mass is 285 g/mol. The van der Waals surface area contributed by atoms with Crippen molar-refractivity contribution in [1.82, 2.24) is 15.1 Å². The van der Waals surface area contributed by atoms with E-state index in [0.29, 0.717) is 0 Å². The van der Waals surface area contributed by atoms with Crippen molar-refractivity contribution in [1.29, 1.82) is 0 Å². The van der Waals surface area contributed by atoms with Gasteiger partial charge in [0.15, 0.2) is 0 Å². The van der Waals surface area contributed by atoms with E-state index in [1.807, 2.05) is 6.20 Å². The van der Waals surface area contributed by atoms with Crippen molar-refractivity contribution in [3.8, 4) is 0 Å². The Morgan fingerprint density at radius 3 is 2.62 bits per heavy atom. The second-order valence-corrected chi connectivity index (χ2v) is 5.73. The Morgan fingerprint density at radius 2 is 1.95 bits per heavy atom. The molecule has 0 spiro atoms. The molecular formula is C18H27N3. The Labute approximate surface area is 128 Å². The predicted octanol–water partition coefficient (Wildman–Crippen LogP) is 4.00. The molecule has 0 fully saturated rings. The minimum Gasteiger partial charge on any atom is -0.305 e. The third-order valence-corrected chi connectivity index (χ3v) is 3.82. The Balaban J connectivity index is 2.39. The Kier molecular flexibility index (Phi) is 5.57. The summed E-state index contributed by atoms with van der Waals surface area (Å²) < 4.78 is 2.13. The van der Waals surface area contributed by atoms with Gasteiger partial charge in [-0.25, -0.2) is 0 Å². The van der Waals surface area contributed by atoms with E-state index in [9.17, 15) is 0 Å². The third-order valence-electron chi connectivity index (χ3n) is 3.82. The van der Waals surface area contributed by atoms with Crippen molar-refractivity contribution in [3.05, 3.63) is 52.8 Å². The number of hydrogen-bond donors (Lipinski definition) is 1. The van der Waals surface area contributed by atoms with Crippen LogP contribution in [0.1, 0.15) is 55.1 Å². The van der Waals surface area contributed by atoms with E-state index in [1.54, 1.807) is 0 Å². The quantitative estimate of drug-likeness (QED) is 0.833. The van der Waals surface area contributed by atoms with Crippen molar-refractivity contribution in [2.24, 2.45) is 0 Å². The summed E-state index contributed by atoms with van der Waals surface area (Å²) in [6, 6.07) is 9.07. The van der Waals surface area contributed by atoms with Gasteiger partial charge in [0.2, 0.25) is 0 Å². The molecule has 0 saturated carbocycles. The van der Waals surface area contributed by atoms with E-state index in [2.05, 4.69) is 67.1 Å². The maximum atomic E-state index is 4.48. The van der Waals surface area contributed by atoms with Crippen LogP contribution in [0.3, 0.4) is 0 Å². The molecule has 0 radical (unpaired) electrons. The highest BCUT2D eigenvalue weighted by Gasteiger charge is 2.19. The molecule has 1 N–H and O–H groups in total. The molecule has 114 valence electrons. The molecule has 21 heavy (non-hydrogen) atoms. The summed E-state index contributed by atoms with van der Waals surface area (Å²) in [5, 5.41) is 8.17. The summed E-state index contributed by atoms with van der Waals surface area (Å²) in [4.78, 5) is 0. The molecule has 0 aliphatic carbocycles. The Morgan fingerprint density at radius 1 is 1.14 bits per heavy atom. The van der Waals surface area contributed by atoms with E-state index in [4.69, 9.17) is 0 Å². The first-order valence-electron chi connectivity index (χ1n) is 7.99. The van der Waals surface area contributed by atoms with Crippen LogP contribution < -0.4 is 5.32 Å². The van der Waals surface area contributed by atoms with Gasteiger partial charge in [-0.1, -0.05) is 37.6 Å². The highest BCUT2D eigenvalue weighted by Crippen LogP contribution is 2.25. The lowest BCUT2D eigenvalue weighted by Crippen LogP contribution is -2.26. The first-order chi connectivity index (χ1) is 10.2. The lowest BCUT2D eigenvalue weighted by molar-refractivity contribution is 0.510. The number of benzene rings is 1. The van der Waals surface area contributed by atoms with Crippen LogP contribution in [-0.4, -0.2) is 16.3 Å². The molecule has 1 heterocycles. The van der Waals surface area contributed by atoms with Crippen LogP contribution in [0.25, 0.3) is 0 Å². The molecule has 0 bridgehead atoms. The standard InChI is InChI=1S/C18H27N3/c1-5-10-19-18(16-8-7-14(3)13-15(16)4)17-9-11-20-21(17)12-6-2/h7-9,11,13,18-19H,5-6,10,12H2,1-4H3. The topological polar surface area (TPSA) is 29.9 Å². The summed E-state index contributed by atoms with van der Waals surface area (Å²) in [6.07, 6.45) is 4.14. The number of rotatable bonds is 7. The molecule has 3 nitrogen and oxygen atoms in total. The fourth-order valence-corrected chi connectivity index (χ4v) is 2.80. The normalized spacial score (nSPS) is 12.6. The lowest BCUT2D eigenvalue weighted by Gasteiger charge is -2.22. The molecule has 0 saturated heterocycles. The lowest BCUT2D eigenvalue weighted by atomic mass is 9.96. The highest BCUT2D eigenvalue weighted by molar-refractivity contribution is 5.37. The van der Waals surface area contributed by atoms with Crippen molar-refractivity contribution in [2.75, 3.05) is 6.54 Å². The summed E-state index contributed by atoms with van der Waals surface area (Å²) in [5.41, 5.74) is 5.27. The van der Waals surface area contributed by atoms with Crippen LogP contribution in [0.4, 0.5) is 0 Å². The van der Waals surface area contributed by atoms with Crippen LogP contribution in [0.2, 0.25) is 0 Å². The minimum atomic E-state index is 0.222. The van der Waals surface area contributed by atoms with Crippen LogP contribution in [-0.2, 0) is 6.54 Å². The van der Waals surface area contributed by atoms with Gasteiger partial charge >= 0.3 is 0 Å².